The van der Waals surface area contributed by atoms with Crippen LogP contribution in [0, 0.1) is 0 Å². The number of methoxy groups -OCH3 is 1. The Morgan fingerprint density at radius 1 is 1.26 bits per heavy atom. The van der Waals surface area contributed by atoms with Crippen LogP contribution in [0.15, 0.2) is 47.4 Å². The van der Waals surface area contributed by atoms with Crippen molar-refractivity contribution in [1.82, 2.24) is 4.57 Å². The lowest BCUT2D eigenvalue weighted by molar-refractivity contribution is 0.102. The SMILES string of the molecule is COc1ccccc1NC(=O)c1ccn(C)c(=O)c1. The number of amides is 1. The Morgan fingerprint density at radius 2 is 2.00 bits per heavy atom. The van der Waals surface area contributed by atoms with E-state index in [2.05, 4.69) is 5.32 Å². The highest BCUT2D eigenvalue weighted by Crippen LogP contribution is 2.23. The summed E-state index contributed by atoms with van der Waals surface area (Å²) in [5.41, 5.74) is 0.650. The normalized spacial score (nSPS) is 10.0. The van der Waals surface area contributed by atoms with Crippen LogP contribution < -0.4 is 15.6 Å². The summed E-state index contributed by atoms with van der Waals surface area (Å²) in [6.07, 6.45) is 1.56. The highest BCUT2D eigenvalue weighted by molar-refractivity contribution is 6.04. The van der Waals surface area contributed by atoms with Crippen molar-refractivity contribution in [2.75, 3.05) is 12.4 Å². The summed E-state index contributed by atoms with van der Waals surface area (Å²) in [7, 11) is 3.16. The molecule has 1 N–H and O–H groups in total. The number of nitrogens with one attached hydrogen (secondary N) is 1. The molecule has 2 rings (SSSR count). The Kier molecular flexibility index (Phi) is 3.66. The number of hydrogen-bond donors (Lipinski definition) is 1. The van der Waals surface area contributed by atoms with Gasteiger partial charge in [-0.2, -0.15) is 0 Å². The predicted octanol–water partition coefficient (Wildman–Crippen LogP) is 1.65. The van der Waals surface area contributed by atoms with Gasteiger partial charge in [0.15, 0.2) is 0 Å². The second-order valence-corrected chi connectivity index (χ2v) is 4.02. The minimum Gasteiger partial charge on any atom is -0.495 e. The Labute approximate surface area is 110 Å². The van der Waals surface area contributed by atoms with Gasteiger partial charge in [-0.25, -0.2) is 0 Å². The molecular weight excluding hydrogens is 244 g/mol. The highest BCUT2D eigenvalue weighted by atomic mass is 16.5. The molecule has 5 nitrogen and oxygen atoms in total. The van der Waals surface area contributed by atoms with Crippen molar-refractivity contribution >= 4 is 11.6 Å². The standard InChI is InChI=1S/C14H14N2O3/c1-16-8-7-10(9-13(16)17)14(18)15-11-5-3-4-6-12(11)19-2/h3-9H,1-2H3,(H,15,18). The number of carbonyl (C=O) groups excluding carboxylic acids is 1. The van der Waals surface area contributed by atoms with Gasteiger partial charge in [-0.15, -0.1) is 0 Å². The second-order valence-electron chi connectivity index (χ2n) is 4.02. The lowest BCUT2D eigenvalue weighted by Gasteiger charge is -2.09. The van der Waals surface area contributed by atoms with E-state index in [0.29, 0.717) is 17.0 Å². The number of aromatic nitrogens is 1. The lowest BCUT2D eigenvalue weighted by atomic mass is 10.2. The molecule has 0 saturated carbocycles. The van der Waals surface area contributed by atoms with Gasteiger partial charge in [-0.1, -0.05) is 12.1 Å². The van der Waals surface area contributed by atoms with Crippen molar-refractivity contribution in [2.45, 2.75) is 0 Å². The number of nitrogens with zero attached hydrogens (tertiary/aromatic N) is 1. The second kappa shape index (κ2) is 5.39. The fourth-order valence-corrected chi connectivity index (χ4v) is 1.63. The summed E-state index contributed by atoms with van der Waals surface area (Å²) in [5, 5.41) is 2.71. The number of para-hydroxylation sites is 2. The first-order valence-electron chi connectivity index (χ1n) is 5.73. The van der Waals surface area contributed by atoms with E-state index in [9.17, 15) is 9.59 Å². The predicted molar refractivity (Wildman–Crippen MR) is 72.6 cm³/mol. The Balaban J connectivity index is 2.25. The molecule has 0 fully saturated rings. The van der Waals surface area contributed by atoms with Gasteiger partial charge in [0.1, 0.15) is 5.75 Å². The van der Waals surface area contributed by atoms with Crippen LogP contribution in [0.1, 0.15) is 10.4 Å². The fourth-order valence-electron chi connectivity index (χ4n) is 1.63. The lowest BCUT2D eigenvalue weighted by Crippen LogP contribution is -2.20. The number of carbonyl (C=O) groups is 1. The van der Waals surface area contributed by atoms with E-state index >= 15 is 0 Å². The molecule has 2 aromatic rings. The molecule has 19 heavy (non-hydrogen) atoms. The summed E-state index contributed by atoms with van der Waals surface area (Å²) in [4.78, 5) is 23.5. The Bertz CT molecular complexity index is 662. The minimum atomic E-state index is -0.345. The fraction of sp³-hybridized carbons (Fsp3) is 0.143. The topological polar surface area (TPSA) is 60.3 Å². The molecule has 98 valence electrons. The molecule has 0 radical (unpaired) electrons. The first kappa shape index (κ1) is 12.9. The number of rotatable bonds is 3. The first-order chi connectivity index (χ1) is 9.11. The average Bonchev–Trinajstić information content (AvgIpc) is 2.42. The number of ether oxygens (including phenoxy) is 1. The molecule has 1 heterocycles. The summed E-state index contributed by atoms with van der Waals surface area (Å²) in [6.45, 7) is 0. The highest BCUT2D eigenvalue weighted by Gasteiger charge is 2.09. The van der Waals surface area contributed by atoms with Crippen LogP contribution in [-0.2, 0) is 7.05 Å². The van der Waals surface area contributed by atoms with Crippen molar-refractivity contribution in [3.8, 4) is 5.75 Å². The van der Waals surface area contributed by atoms with Crippen molar-refractivity contribution in [2.24, 2.45) is 7.05 Å². The van der Waals surface area contributed by atoms with Gasteiger partial charge in [-0.3, -0.25) is 9.59 Å². The molecule has 5 heteroatoms. The van der Waals surface area contributed by atoms with E-state index in [1.165, 1.54) is 17.7 Å². The summed E-state index contributed by atoms with van der Waals surface area (Å²) in [6, 6.07) is 9.98. The number of pyridine rings is 1. The van der Waals surface area contributed by atoms with Gasteiger partial charge in [0, 0.05) is 24.9 Å². The minimum absolute atomic E-state index is 0.229. The van der Waals surface area contributed by atoms with Gasteiger partial charge in [-0.05, 0) is 18.2 Å². The van der Waals surface area contributed by atoms with Crippen molar-refractivity contribution in [3.05, 3.63) is 58.5 Å². The van der Waals surface area contributed by atoms with E-state index in [0.717, 1.165) is 0 Å². The van der Waals surface area contributed by atoms with E-state index in [4.69, 9.17) is 4.74 Å². The molecular formula is C14H14N2O3. The first-order valence-corrected chi connectivity index (χ1v) is 5.73. The zero-order valence-corrected chi connectivity index (χ0v) is 10.7. The van der Waals surface area contributed by atoms with Crippen LogP contribution in [0.3, 0.4) is 0 Å². The molecule has 0 aliphatic carbocycles. The molecule has 0 unspecified atom stereocenters. The number of hydrogen-bond acceptors (Lipinski definition) is 3. The average molecular weight is 258 g/mol. The van der Waals surface area contributed by atoms with Gasteiger partial charge >= 0.3 is 0 Å². The molecule has 1 aromatic carbocycles. The number of aryl methyl sites for hydroxylation is 1. The van der Waals surface area contributed by atoms with Gasteiger partial charge in [0.2, 0.25) is 0 Å². The third-order valence-electron chi connectivity index (χ3n) is 2.72. The third-order valence-corrected chi connectivity index (χ3v) is 2.72. The third kappa shape index (κ3) is 2.82. The molecule has 1 amide bonds. The van der Waals surface area contributed by atoms with Crippen LogP contribution in [0.5, 0.6) is 5.75 Å². The molecule has 0 bridgehead atoms. The van der Waals surface area contributed by atoms with E-state index < -0.39 is 0 Å². The zero-order valence-electron chi connectivity index (χ0n) is 10.7. The Hall–Kier alpha value is -2.56. The zero-order chi connectivity index (χ0) is 13.8. The number of anilines is 1. The molecule has 0 saturated heterocycles. The summed E-state index contributed by atoms with van der Waals surface area (Å²) < 4.78 is 6.55. The number of benzene rings is 1. The van der Waals surface area contributed by atoms with Crippen LogP contribution in [0.25, 0.3) is 0 Å². The van der Waals surface area contributed by atoms with E-state index in [-0.39, 0.29) is 11.5 Å². The smallest absolute Gasteiger partial charge is 0.256 e. The summed E-state index contributed by atoms with van der Waals surface area (Å²) in [5.74, 6) is 0.224. The van der Waals surface area contributed by atoms with Gasteiger partial charge in [0.05, 0.1) is 12.8 Å². The molecule has 0 atom stereocenters. The quantitative estimate of drug-likeness (QED) is 0.910. The van der Waals surface area contributed by atoms with Crippen LogP contribution in [-0.4, -0.2) is 17.6 Å². The maximum Gasteiger partial charge on any atom is 0.256 e. The van der Waals surface area contributed by atoms with E-state index in [1.54, 1.807) is 37.5 Å². The molecule has 0 spiro atoms. The van der Waals surface area contributed by atoms with Crippen LogP contribution in [0.4, 0.5) is 5.69 Å². The molecule has 0 aliphatic rings. The van der Waals surface area contributed by atoms with Crippen LogP contribution in [0.2, 0.25) is 0 Å². The maximum absolute atomic E-state index is 12.0. The van der Waals surface area contributed by atoms with E-state index in [1.807, 2.05) is 6.07 Å². The van der Waals surface area contributed by atoms with Crippen molar-refractivity contribution < 1.29 is 9.53 Å². The van der Waals surface area contributed by atoms with Gasteiger partial charge < -0.3 is 14.6 Å². The van der Waals surface area contributed by atoms with Crippen molar-refractivity contribution in [1.29, 1.82) is 0 Å². The Morgan fingerprint density at radius 3 is 2.68 bits per heavy atom. The van der Waals surface area contributed by atoms with Crippen LogP contribution >= 0.6 is 0 Å². The summed E-state index contributed by atoms with van der Waals surface area (Å²) >= 11 is 0. The molecule has 1 aromatic heterocycles. The largest absolute Gasteiger partial charge is 0.495 e. The monoisotopic (exact) mass is 258 g/mol. The maximum atomic E-state index is 12.0. The molecule has 0 aliphatic heterocycles. The van der Waals surface area contributed by atoms with Crippen molar-refractivity contribution in [3.63, 3.8) is 0 Å². The van der Waals surface area contributed by atoms with Gasteiger partial charge in [0.25, 0.3) is 11.5 Å².